The third-order valence-electron chi connectivity index (χ3n) is 4.55. The summed E-state index contributed by atoms with van der Waals surface area (Å²) in [6.45, 7) is 13.4. The maximum atomic E-state index is 5.78. The second-order valence-electron chi connectivity index (χ2n) is 8.89. The molecule has 0 aliphatic carbocycles. The summed E-state index contributed by atoms with van der Waals surface area (Å²) in [6.07, 6.45) is 0. The van der Waals surface area contributed by atoms with E-state index in [2.05, 4.69) is 76.0 Å². The molecule has 0 bridgehead atoms. The fourth-order valence-electron chi connectivity index (χ4n) is 2.74. The molecule has 0 saturated heterocycles. The minimum absolute atomic E-state index is 0.120. The van der Waals surface area contributed by atoms with Gasteiger partial charge in [0.1, 0.15) is 5.75 Å². The maximum absolute atomic E-state index is 5.78. The van der Waals surface area contributed by atoms with Gasteiger partial charge in [-0.3, -0.25) is 0 Å². The number of rotatable bonds is 4. The number of benzene rings is 2. The van der Waals surface area contributed by atoms with Crippen LogP contribution >= 0.6 is 0 Å². The van der Waals surface area contributed by atoms with Crippen LogP contribution in [0.3, 0.4) is 0 Å². The zero-order chi connectivity index (χ0) is 19.7. The van der Waals surface area contributed by atoms with E-state index in [0.717, 1.165) is 11.3 Å². The molecule has 2 aromatic carbocycles. The van der Waals surface area contributed by atoms with Crippen LogP contribution in [0.25, 0.3) is 11.5 Å². The molecular formula is C23H28N2O2. The first kappa shape index (κ1) is 19.2. The van der Waals surface area contributed by atoms with E-state index in [1.807, 2.05) is 24.3 Å². The Morgan fingerprint density at radius 2 is 1.26 bits per heavy atom. The normalized spacial score (nSPS) is 12.2. The van der Waals surface area contributed by atoms with E-state index in [4.69, 9.17) is 9.15 Å². The highest BCUT2D eigenvalue weighted by Gasteiger charge is 2.15. The van der Waals surface area contributed by atoms with Crippen molar-refractivity contribution in [3.63, 3.8) is 0 Å². The van der Waals surface area contributed by atoms with E-state index < -0.39 is 0 Å². The van der Waals surface area contributed by atoms with E-state index in [1.165, 1.54) is 11.1 Å². The van der Waals surface area contributed by atoms with Crippen LogP contribution in [0.1, 0.15) is 58.6 Å². The molecule has 4 nitrogen and oxygen atoms in total. The average molecular weight is 364 g/mol. The largest absolute Gasteiger partial charge is 0.484 e. The van der Waals surface area contributed by atoms with Crippen molar-refractivity contribution in [2.24, 2.45) is 0 Å². The molecule has 1 heterocycles. The van der Waals surface area contributed by atoms with Gasteiger partial charge in [-0.15, -0.1) is 10.2 Å². The topological polar surface area (TPSA) is 48.2 Å². The highest BCUT2D eigenvalue weighted by Crippen LogP contribution is 2.26. The maximum Gasteiger partial charge on any atom is 0.254 e. The second kappa shape index (κ2) is 7.18. The number of aromatic nitrogens is 2. The summed E-state index contributed by atoms with van der Waals surface area (Å²) in [4.78, 5) is 0. The first-order valence-electron chi connectivity index (χ1n) is 9.29. The summed E-state index contributed by atoms with van der Waals surface area (Å²) in [6, 6.07) is 16.4. The van der Waals surface area contributed by atoms with Crippen molar-refractivity contribution in [3.05, 3.63) is 65.5 Å². The van der Waals surface area contributed by atoms with Crippen molar-refractivity contribution < 1.29 is 9.15 Å². The highest BCUT2D eigenvalue weighted by atomic mass is 16.5. The minimum Gasteiger partial charge on any atom is -0.484 e. The Hall–Kier alpha value is -2.62. The van der Waals surface area contributed by atoms with Crippen LogP contribution in [0.2, 0.25) is 0 Å². The van der Waals surface area contributed by atoms with Gasteiger partial charge in [0, 0.05) is 5.56 Å². The standard InChI is InChI=1S/C23H28N2O2/c1-22(2,3)17-9-7-16(8-10-17)21-25-24-20(27-21)15-26-19-13-11-18(12-14-19)23(4,5)6/h7-14H,15H2,1-6H3. The lowest BCUT2D eigenvalue weighted by Gasteiger charge is -2.19. The molecule has 0 fully saturated rings. The Bertz CT molecular complexity index is 880. The minimum atomic E-state index is 0.120. The lowest BCUT2D eigenvalue weighted by Crippen LogP contribution is -2.10. The van der Waals surface area contributed by atoms with E-state index >= 15 is 0 Å². The monoisotopic (exact) mass is 364 g/mol. The summed E-state index contributed by atoms with van der Waals surface area (Å²) in [5.74, 6) is 1.76. The third kappa shape index (κ3) is 4.76. The number of hydrogen-bond acceptors (Lipinski definition) is 4. The first-order valence-corrected chi connectivity index (χ1v) is 9.29. The van der Waals surface area contributed by atoms with Gasteiger partial charge in [-0.05, 0) is 46.2 Å². The fourth-order valence-corrected chi connectivity index (χ4v) is 2.74. The van der Waals surface area contributed by atoms with Gasteiger partial charge < -0.3 is 9.15 Å². The summed E-state index contributed by atoms with van der Waals surface area (Å²) >= 11 is 0. The van der Waals surface area contributed by atoms with Gasteiger partial charge in [0.2, 0.25) is 5.89 Å². The molecule has 27 heavy (non-hydrogen) atoms. The predicted octanol–water partition coefficient (Wildman–Crippen LogP) is 5.91. The Morgan fingerprint density at radius 1 is 0.741 bits per heavy atom. The van der Waals surface area contributed by atoms with Crippen LogP contribution in [0.4, 0.5) is 0 Å². The van der Waals surface area contributed by atoms with Gasteiger partial charge >= 0.3 is 0 Å². The van der Waals surface area contributed by atoms with Crippen LogP contribution < -0.4 is 4.74 Å². The number of nitrogens with zero attached hydrogens (tertiary/aromatic N) is 2. The molecule has 0 aliphatic heterocycles. The van der Waals surface area contributed by atoms with Gasteiger partial charge in [-0.2, -0.15) is 0 Å². The van der Waals surface area contributed by atoms with E-state index in [0.29, 0.717) is 11.8 Å². The summed E-state index contributed by atoms with van der Waals surface area (Å²) in [7, 11) is 0. The number of ether oxygens (including phenoxy) is 1. The molecule has 0 atom stereocenters. The molecule has 3 aromatic rings. The predicted molar refractivity (Wildman–Crippen MR) is 108 cm³/mol. The molecular weight excluding hydrogens is 336 g/mol. The Kier molecular flexibility index (Phi) is 5.09. The van der Waals surface area contributed by atoms with Crippen molar-refractivity contribution in [3.8, 4) is 17.2 Å². The zero-order valence-corrected chi connectivity index (χ0v) is 17.0. The molecule has 142 valence electrons. The van der Waals surface area contributed by atoms with Crippen LogP contribution in [0.5, 0.6) is 5.75 Å². The molecule has 3 rings (SSSR count). The van der Waals surface area contributed by atoms with E-state index in [9.17, 15) is 0 Å². The summed E-state index contributed by atoms with van der Waals surface area (Å²) in [5.41, 5.74) is 3.70. The Balaban J connectivity index is 1.64. The summed E-state index contributed by atoms with van der Waals surface area (Å²) < 4.78 is 11.5. The van der Waals surface area contributed by atoms with Crippen molar-refractivity contribution in [2.75, 3.05) is 0 Å². The van der Waals surface area contributed by atoms with Gasteiger partial charge in [-0.25, -0.2) is 0 Å². The van der Waals surface area contributed by atoms with Gasteiger partial charge in [0.25, 0.3) is 5.89 Å². The van der Waals surface area contributed by atoms with E-state index in [-0.39, 0.29) is 17.4 Å². The van der Waals surface area contributed by atoms with Crippen LogP contribution in [0.15, 0.2) is 52.9 Å². The molecule has 0 unspecified atom stereocenters. The molecule has 1 aromatic heterocycles. The Labute approximate surface area is 161 Å². The van der Waals surface area contributed by atoms with Crippen molar-refractivity contribution >= 4 is 0 Å². The number of hydrogen-bond donors (Lipinski definition) is 0. The van der Waals surface area contributed by atoms with Crippen molar-refractivity contribution in [2.45, 2.75) is 59.0 Å². The van der Waals surface area contributed by atoms with Crippen LogP contribution in [-0.4, -0.2) is 10.2 Å². The van der Waals surface area contributed by atoms with Crippen molar-refractivity contribution in [1.29, 1.82) is 0 Å². The SMILES string of the molecule is CC(C)(C)c1ccc(OCc2nnc(-c3ccc(C(C)(C)C)cc3)o2)cc1. The van der Waals surface area contributed by atoms with Gasteiger partial charge in [-0.1, -0.05) is 65.8 Å². The summed E-state index contributed by atoms with van der Waals surface area (Å²) in [5, 5.41) is 8.23. The fraction of sp³-hybridized carbons (Fsp3) is 0.391. The molecule has 4 heteroatoms. The Morgan fingerprint density at radius 3 is 1.78 bits per heavy atom. The molecule has 0 N–H and O–H groups in total. The van der Waals surface area contributed by atoms with Crippen LogP contribution in [-0.2, 0) is 17.4 Å². The van der Waals surface area contributed by atoms with Gasteiger partial charge in [0.15, 0.2) is 6.61 Å². The zero-order valence-electron chi connectivity index (χ0n) is 17.0. The van der Waals surface area contributed by atoms with Crippen LogP contribution in [0, 0.1) is 0 Å². The quantitative estimate of drug-likeness (QED) is 0.577. The molecule has 0 spiro atoms. The van der Waals surface area contributed by atoms with E-state index in [1.54, 1.807) is 0 Å². The average Bonchev–Trinajstić information content (AvgIpc) is 3.08. The molecule has 0 saturated carbocycles. The lowest BCUT2D eigenvalue weighted by molar-refractivity contribution is 0.264. The highest BCUT2D eigenvalue weighted by molar-refractivity contribution is 5.53. The molecule has 0 aliphatic rings. The second-order valence-corrected chi connectivity index (χ2v) is 8.89. The smallest absolute Gasteiger partial charge is 0.254 e. The third-order valence-corrected chi connectivity index (χ3v) is 4.55. The lowest BCUT2D eigenvalue weighted by atomic mass is 9.87. The molecule has 0 amide bonds. The first-order chi connectivity index (χ1) is 12.6. The molecule has 0 radical (unpaired) electrons. The van der Waals surface area contributed by atoms with Crippen molar-refractivity contribution in [1.82, 2.24) is 10.2 Å². The van der Waals surface area contributed by atoms with Gasteiger partial charge in [0.05, 0.1) is 0 Å².